The maximum atomic E-state index is 12.8. The highest BCUT2D eigenvalue weighted by molar-refractivity contribution is 8.18. The molecule has 1 aromatic heterocycles. The molecule has 3 rings (SSSR count). The number of para-hydroxylation sites is 1. The molecule has 0 N–H and O–H groups in total. The van der Waals surface area contributed by atoms with Crippen molar-refractivity contribution in [3.8, 4) is 5.75 Å². The van der Waals surface area contributed by atoms with Crippen molar-refractivity contribution in [1.29, 1.82) is 0 Å². The van der Waals surface area contributed by atoms with Gasteiger partial charge in [-0.1, -0.05) is 35.9 Å². The predicted octanol–water partition coefficient (Wildman–Crippen LogP) is 4.53. The van der Waals surface area contributed by atoms with E-state index in [1.54, 1.807) is 36.4 Å². The topological polar surface area (TPSA) is 54.8 Å². The zero-order valence-electron chi connectivity index (χ0n) is 14.1. The number of benzene rings is 1. The highest BCUT2D eigenvalue weighted by Gasteiger charge is 2.33. The van der Waals surface area contributed by atoms with Gasteiger partial charge in [0, 0.05) is 24.5 Å². The van der Waals surface area contributed by atoms with Gasteiger partial charge in [0.2, 0.25) is 0 Å². The van der Waals surface area contributed by atoms with E-state index in [1.165, 1.54) is 18.0 Å². The maximum absolute atomic E-state index is 12.8. The molecule has 1 aromatic carbocycles. The third-order valence-electron chi connectivity index (χ3n) is 3.59. The molecule has 1 fully saturated rings. The van der Waals surface area contributed by atoms with Gasteiger partial charge >= 0.3 is 0 Å². The molecule has 2 aromatic rings. The van der Waals surface area contributed by atoms with Gasteiger partial charge in [-0.25, -0.2) is 4.99 Å². The maximum Gasteiger partial charge on any atom is 0.267 e. The van der Waals surface area contributed by atoms with E-state index in [0.29, 0.717) is 33.1 Å². The van der Waals surface area contributed by atoms with Crippen molar-refractivity contribution >= 4 is 46.2 Å². The molecular weight excluding hydrogens is 370 g/mol. The van der Waals surface area contributed by atoms with Crippen LogP contribution in [0.25, 0.3) is 6.08 Å². The van der Waals surface area contributed by atoms with Gasteiger partial charge < -0.3 is 4.74 Å². The van der Waals surface area contributed by atoms with E-state index in [9.17, 15) is 4.79 Å². The minimum absolute atomic E-state index is 0.135. The molecule has 0 radical (unpaired) electrons. The number of ether oxygens (including phenoxy) is 1. The number of nitrogens with zero attached hydrogens (tertiary/aromatic N) is 3. The number of carbonyl (C=O) groups is 1. The van der Waals surface area contributed by atoms with E-state index in [0.717, 1.165) is 5.56 Å². The minimum atomic E-state index is -0.135. The van der Waals surface area contributed by atoms with Crippen molar-refractivity contribution in [2.75, 3.05) is 13.7 Å². The summed E-state index contributed by atoms with van der Waals surface area (Å²) in [6, 6.07) is 9.23. The summed E-state index contributed by atoms with van der Waals surface area (Å²) < 4.78 is 5.35. The average Bonchev–Trinajstić information content (AvgIpc) is 2.93. The van der Waals surface area contributed by atoms with Crippen molar-refractivity contribution in [1.82, 2.24) is 9.88 Å². The molecule has 0 unspecified atom stereocenters. The Kier molecular flexibility index (Phi) is 5.75. The fourth-order valence-corrected chi connectivity index (χ4v) is 3.52. The van der Waals surface area contributed by atoms with Crippen molar-refractivity contribution in [2.24, 2.45) is 4.99 Å². The van der Waals surface area contributed by atoms with Crippen LogP contribution in [0.2, 0.25) is 5.02 Å². The van der Waals surface area contributed by atoms with E-state index >= 15 is 0 Å². The quantitative estimate of drug-likeness (QED) is 0.560. The molecular formula is C19H16ClN3O2S. The van der Waals surface area contributed by atoms with Crippen LogP contribution < -0.4 is 4.74 Å². The Morgan fingerprint density at radius 2 is 2.19 bits per heavy atom. The molecule has 0 aliphatic carbocycles. The van der Waals surface area contributed by atoms with E-state index in [1.807, 2.05) is 24.3 Å². The number of hydrogen-bond donors (Lipinski definition) is 0. The highest BCUT2D eigenvalue weighted by atomic mass is 35.5. The molecule has 5 nitrogen and oxygen atoms in total. The lowest BCUT2D eigenvalue weighted by atomic mass is 10.2. The van der Waals surface area contributed by atoms with Gasteiger partial charge in [-0.15, -0.1) is 6.58 Å². The Morgan fingerprint density at radius 1 is 1.38 bits per heavy atom. The number of carbonyl (C=O) groups excluding carboxylic acids is 1. The second-order valence-corrected chi connectivity index (χ2v) is 6.69. The molecule has 132 valence electrons. The summed E-state index contributed by atoms with van der Waals surface area (Å²) in [6.45, 7) is 4.08. The third kappa shape index (κ3) is 3.81. The SMILES string of the molecule is C=CCN1C(=O)/C(=C/c2ccccc2OC)SC1=Nc1ccncc1Cl. The molecule has 2 heterocycles. The average molecular weight is 386 g/mol. The Labute approximate surface area is 161 Å². The van der Waals surface area contributed by atoms with Crippen LogP contribution in [0.3, 0.4) is 0 Å². The lowest BCUT2D eigenvalue weighted by Crippen LogP contribution is -2.29. The first-order chi connectivity index (χ1) is 12.6. The summed E-state index contributed by atoms with van der Waals surface area (Å²) in [6.07, 6.45) is 6.59. The number of thioether (sulfide) groups is 1. The highest BCUT2D eigenvalue weighted by Crippen LogP contribution is 2.36. The normalized spacial score (nSPS) is 17.2. The number of amides is 1. The van der Waals surface area contributed by atoms with Gasteiger partial charge in [0.05, 0.1) is 22.7 Å². The molecule has 0 bridgehead atoms. The summed E-state index contributed by atoms with van der Waals surface area (Å²) in [4.78, 5) is 23.4. The molecule has 0 atom stereocenters. The number of pyridine rings is 1. The number of halogens is 1. The van der Waals surface area contributed by atoms with Gasteiger partial charge in [-0.05, 0) is 30.0 Å². The van der Waals surface area contributed by atoms with Crippen LogP contribution in [-0.4, -0.2) is 34.6 Å². The first-order valence-electron chi connectivity index (χ1n) is 7.77. The smallest absolute Gasteiger partial charge is 0.267 e. The van der Waals surface area contributed by atoms with Crippen LogP contribution in [0.4, 0.5) is 5.69 Å². The van der Waals surface area contributed by atoms with E-state index in [4.69, 9.17) is 16.3 Å². The van der Waals surface area contributed by atoms with Gasteiger partial charge in [-0.2, -0.15) is 0 Å². The number of amidine groups is 1. The molecule has 7 heteroatoms. The van der Waals surface area contributed by atoms with E-state index < -0.39 is 0 Å². The minimum Gasteiger partial charge on any atom is -0.496 e. The lowest BCUT2D eigenvalue weighted by molar-refractivity contribution is -0.121. The zero-order valence-corrected chi connectivity index (χ0v) is 15.6. The summed E-state index contributed by atoms with van der Waals surface area (Å²) in [5.74, 6) is 0.566. The fraction of sp³-hybridized carbons (Fsp3) is 0.105. The monoisotopic (exact) mass is 385 g/mol. The number of methoxy groups -OCH3 is 1. The molecule has 0 spiro atoms. The van der Waals surface area contributed by atoms with Crippen LogP contribution in [0, 0.1) is 0 Å². The predicted molar refractivity (Wildman–Crippen MR) is 107 cm³/mol. The van der Waals surface area contributed by atoms with Gasteiger partial charge in [0.1, 0.15) is 5.75 Å². The molecule has 0 saturated carbocycles. The first-order valence-corrected chi connectivity index (χ1v) is 8.97. The number of aliphatic imine (C=N–C) groups is 1. The molecule has 1 saturated heterocycles. The Bertz CT molecular complexity index is 911. The van der Waals surface area contributed by atoms with E-state index in [-0.39, 0.29) is 5.91 Å². The standard InChI is InChI=1S/C19H16ClN3O2S/c1-3-10-23-18(24)17(11-13-6-4-5-7-16(13)25-2)26-19(23)22-15-8-9-21-12-14(15)20/h3-9,11-12H,1,10H2,2H3/b17-11-,22-19?. The van der Waals surface area contributed by atoms with Crippen LogP contribution in [-0.2, 0) is 4.79 Å². The van der Waals surface area contributed by atoms with Crippen molar-refractivity contribution < 1.29 is 9.53 Å². The Hall–Kier alpha value is -2.57. The molecule has 26 heavy (non-hydrogen) atoms. The van der Waals surface area contributed by atoms with Crippen LogP contribution >= 0.6 is 23.4 Å². The lowest BCUT2D eigenvalue weighted by Gasteiger charge is -2.12. The molecule has 1 aliphatic heterocycles. The largest absolute Gasteiger partial charge is 0.496 e. The summed E-state index contributed by atoms with van der Waals surface area (Å²) in [7, 11) is 1.60. The summed E-state index contributed by atoms with van der Waals surface area (Å²) >= 11 is 7.43. The van der Waals surface area contributed by atoms with E-state index in [2.05, 4.69) is 16.6 Å². The van der Waals surface area contributed by atoms with Crippen molar-refractivity contribution in [3.63, 3.8) is 0 Å². The van der Waals surface area contributed by atoms with Crippen molar-refractivity contribution in [3.05, 3.63) is 70.9 Å². The Balaban J connectivity index is 2.00. The Morgan fingerprint density at radius 3 is 2.92 bits per heavy atom. The zero-order chi connectivity index (χ0) is 18.5. The summed E-state index contributed by atoms with van der Waals surface area (Å²) in [5, 5.41) is 0.970. The molecule has 1 aliphatic rings. The second-order valence-electron chi connectivity index (χ2n) is 5.28. The van der Waals surface area contributed by atoms with Gasteiger partial charge in [0.25, 0.3) is 5.91 Å². The number of rotatable bonds is 5. The van der Waals surface area contributed by atoms with Gasteiger partial charge in [0.15, 0.2) is 5.17 Å². The second kappa shape index (κ2) is 8.21. The fourth-order valence-electron chi connectivity index (χ4n) is 2.37. The first kappa shape index (κ1) is 18.2. The number of aromatic nitrogens is 1. The van der Waals surface area contributed by atoms with Crippen molar-refractivity contribution in [2.45, 2.75) is 0 Å². The van der Waals surface area contributed by atoms with Gasteiger partial charge in [-0.3, -0.25) is 14.7 Å². The van der Waals surface area contributed by atoms with Crippen LogP contribution in [0.15, 0.2) is 65.3 Å². The number of hydrogen-bond acceptors (Lipinski definition) is 5. The van der Waals surface area contributed by atoms with Crippen LogP contribution in [0.5, 0.6) is 5.75 Å². The van der Waals surface area contributed by atoms with Crippen LogP contribution in [0.1, 0.15) is 5.56 Å². The molecule has 1 amide bonds. The summed E-state index contributed by atoms with van der Waals surface area (Å²) in [5.41, 5.74) is 1.39. The third-order valence-corrected chi connectivity index (χ3v) is 4.89.